The molecule has 1 aliphatic heterocycles. The maximum absolute atomic E-state index is 5.76. The fraction of sp³-hybridized carbons (Fsp3) is 0.647. The number of nitrogens with two attached hydrogens (primary N) is 1. The van der Waals surface area contributed by atoms with Gasteiger partial charge in [-0.25, -0.2) is 0 Å². The van der Waals surface area contributed by atoms with Gasteiger partial charge in [0.1, 0.15) is 0 Å². The molecule has 21 heavy (non-hydrogen) atoms. The second-order valence-electron chi connectivity index (χ2n) is 6.59. The Morgan fingerprint density at radius 3 is 2.19 bits per heavy atom. The van der Waals surface area contributed by atoms with Gasteiger partial charge in [0, 0.05) is 56.7 Å². The predicted octanol–water partition coefficient (Wildman–Crippen LogP) is 2.22. The van der Waals surface area contributed by atoms with Crippen molar-refractivity contribution in [2.45, 2.75) is 26.8 Å². The maximum Gasteiger partial charge on any atom is 0.0368 e. The summed E-state index contributed by atoms with van der Waals surface area (Å²) in [7, 11) is 0. The lowest BCUT2D eigenvalue weighted by Crippen LogP contribution is -2.47. The third-order valence-electron chi connectivity index (χ3n) is 3.86. The molecule has 118 valence electrons. The minimum atomic E-state index is 0.179. The van der Waals surface area contributed by atoms with Gasteiger partial charge in [0.2, 0.25) is 0 Å². The topological polar surface area (TPSA) is 44.5 Å². The lowest BCUT2D eigenvalue weighted by Gasteiger charge is -2.36. The molecule has 0 aromatic heterocycles. The van der Waals surface area contributed by atoms with Gasteiger partial charge in [-0.05, 0) is 37.1 Å². The van der Waals surface area contributed by atoms with E-state index in [9.17, 15) is 0 Å². The Morgan fingerprint density at radius 2 is 1.67 bits per heavy atom. The van der Waals surface area contributed by atoms with E-state index in [2.05, 4.69) is 53.2 Å². The van der Waals surface area contributed by atoms with Crippen LogP contribution < -0.4 is 16.0 Å². The minimum absolute atomic E-state index is 0.179. The highest BCUT2D eigenvalue weighted by Gasteiger charge is 2.17. The Kier molecular flexibility index (Phi) is 5.88. The van der Waals surface area contributed by atoms with Gasteiger partial charge in [-0.1, -0.05) is 13.8 Å². The van der Waals surface area contributed by atoms with Crippen LogP contribution in [0.4, 0.5) is 11.4 Å². The summed E-state index contributed by atoms with van der Waals surface area (Å²) in [6, 6.07) is 8.90. The fourth-order valence-corrected chi connectivity index (χ4v) is 2.77. The van der Waals surface area contributed by atoms with E-state index in [-0.39, 0.29) is 6.04 Å². The minimum Gasteiger partial charge on any atom is -0.383 e. The first-order chi connectivity index (χ1) is 10.0. The smallest absolute Gasteiger partial charge is 0.0368 e. The number of benzene rings is 1. The second kappa shape index (κ2) is 7.66. The maximum atomic E-state index is 5.76. The molecule has 0 aliphatic carbocycles. The molecule has 1 aromatic rings. The molecular formula is C17H30N4. The summed E-state index contributed by atoms with van der Waals surface area (Å²) in [5.74, 6) is 0.756. The molecule has 1 heterocycles. The molecule has 0 spiro atoms. The van der Waals surface area contributed by atoms with Gasteiger partial charge in [-0.3, -0.25) is 4.90 Å². The average Bonchev–Trinajstić information content (AvgIpc) is 2.46. The summed E-state index contributed by atoms with van der Waals surface area (Å²) in [4.78, 5) is 5.05. The largest absolute Gasteiger partial charge is 0.383 e. The van der Waals surface area contributed by atoms with Crippen LogP contribution in [0.25, 0.3) is 0 Å². The number of hydrogen-bond acceptors (Lipinski definition) is 4. The molecule has 4 heteroatoms. The van der Waals surface area contributed by atoms with E-state index >= 15 is 0 Å². The molecule has 1 unspecified atom stereocenters. The third-order valence-corrected chi connectivity index (χ3v) is 3.86. The van der Waals surface area contributed by atoms with Gasteiger partial charge in [0.25, 0.3) is 0 Å². The zero-order valence-corrected chi connectivity index (χ0v) is 13.7. The van der Waals surface area contributed by atoms with Crippen molar-refractivity contribution in [3.05, 3.63) is 24.3 Å². The predicted molar refractivity (Wildman–Crippen MR) is 92.1 cm³/mol. The van der Waals surface area contributed by atoms with Crippen LogP contribution in [0.1, 0.15) is 20.8 Å². The number of hydrogen-bond donors (Lipinski definition) is 2. The molecule has 1 aliphatic rings. The standard InChI is InChI=1S/C17H30N4/c1-14(2)13-20-8-10-21(11-9-20)17-6-4-16(5-7-17)19-12-15(3)18/h4-7,14-15,19H,8-13,18H2,1-3H3. The molecule has 1 saturated heterocycles. The Morgan fingerprint density at radius 1 is 1.05 bits per heavy atom. The molecular weight excluding hydrogens is 260 g/mol. The number of nitrogens with zero attached hydrogens (tertiary/aromatic N) is 2. The van der Waals surface area contributed by atoms with Crippen molar-refractivity contribution in [2.75, 3.05) is 49.5 Å². The van der Waals surface area contributed by atoms with Crippen molar-refractivity contribution in [2.24, 2.45) is 11.7 Å². The molecule has 1 aromatic carbocycles. The van der Waals surface area contributed by atoms with Gasteiger partial charge >= 0.3 is 0 Å². The van der Waals surface area contributed by atoms with Crippen LogP contribution in [0.3, 0.4) is 0 Å². The Hall–Kier alpha value is -1.26. The highest BCUT2D eigenvalue weighted by atomic mass is 15.3. The van der Waals surface area contributed by atoms with E-state index in [1.165, 1.54) is 25.3 Å². The lowest BCUT2D eigenvalue weighted by atomic mass is 10.1. The highest BCUT2D eigenvalue weighted by Crippen LogP contribution is 2.19. The number of piperazine rings is 1. The summed E-state index contributed by atoms with van der Waals surface area (Å²) in [6.07, 6.45) is 0. The van der Waals surface area contributed by atoms with E-state index in [1.807, 2.05) is 6.92 Å². The zero-order chi connectivity index (χ0) is 15.2. The van der Waals surface area contributed by atoms with Gasteiger partial charge in [-0.15, -0.1) is 0 Å². The third kappa shape index (κ3) is 5.21. The Balaban J connectivity index is 1.83. The number of anilines is 2. The molecule has 0 radical (unpaired) electrons. The van der Waals surface area contributed by atoms with Crippen molar-refractivity contribution in [3.63, 3.8) is 0 Å². The van der Waals surface area contributed by atoms with Crippen LogP contribution in [0.2, 0.25) is 0 Å². The molecule has 0 amide bonds. The molecule has 0 bridgehead atoms. The van der Waals surface area contributed by atoms with Crippen molar-refractivity contribution >= 4 is 11.4 Å². The van der Waals surface area contributed by atoms with Gasteiger partial charge in [0.05, 0.1) is 0 Å². The first kappa shape index (κ1) is 16.1. The summed E-state index contributed by atoms with van der Waals surface area (Å²) < 4.78 is 0. The van der Waals surface area contributed by atoms with Crippen molar-refractivity contribution in [3.8, 4) is 0 Å². The van der Waals surface area contributed by atoms with E-state index < -0.39 is 0 Å². The zero-order valence-electron chi connectivity index (χ0n) is 13.7. The van der Waals surface area contributed by atoms with E-state index in [0.717, 1.165) is 31.2 Å². The first-order valence-corrected chi connectivity index (χ1v) is 8.11. The van der Waals surface area contributed by atoms with Crippen LogP contribution in [-0.4, -0.2) is 50.2 Å². The molecule has 1 atom stereocenters. The lowest BCUT2D eigenvalue weighted by molar-refractivity contribution is 0.231. The van der Waals surface area contributed by atoms with Gasteiger partial charge in [0.15, 0.2) is 0 Å². The average molecular weight is 290 g/mol. The molecule has 2 rings (SSSR count). The van der Waals surface area contributed by atoms with Crippen LogP contribution in [0, 0.1) is 5.92 Å². The summed E-state index contributed by atoms with van der Waals surface area (Å²) in [6.45, 7) is 13.2. The number of nitrogens with one attached hydrogen (secondary N) is 1. The summed E-state index contributed by atoms with van der Waals surface area (Å²) in [5, 5.41) is 3.35. The summed E-state index contributed by atoms with van der Waals surface area (Å²) >= 11 is 0. The molecule has 0 saturated carbocycles. The Bertz CT molecular complexity index is 405. The van der Waals surface area contributed by atoms with Gasteiger partial charge in [-0.2, -0.15) is 0 Å². The fourth-order valence-electron chi connectivity index (χ4n) is 2.77. The monoisotopic (exact) mass is 290 g/mol. The summed E-state index contributed by atoms with van der Waals surface area (Å²) in [5.41, 5.74) is 8.23. The van der Waals surface area contributed by atoms with Crippen LogP contribution in [0.15, 0.2) is 24.3 Å². The molecule has 1 fully saturated rings. The first-order valence-electron chi connectivity index (χ1n) is 8.11. The van der Waals surface area contributed by atoms with Crippen molar-refractivity contribution < 1.29 is 0 Å². The van der Waals surface area contributed by atoms with Crippen LogP contribution >= 0.6 is 0 Å². The quantitative estimate of drug-likeness (QED) is 0.843. The van der Waals surface area contributed by atoms with Crippen LogP contribution in [0.5, 0.6) is 0 Å². The van der Waals surface area contributed by atoms with Gasteiger partial charge < -0.3 is 16.0 Å². The van der Waals surface area contributed by atoms with Crippen molar-refractivity contribution in [1.29, 1.82) is 0 Å². The molecule has 3 N–H and O–H groups in total. The number of rotatable bonds is 6. The van der Waals surface area contributed by atoms with Crippen molar-refractivity contribution in [1.82, 2.24) is 4.90 Å². The van der Waals surface area contributed by atoms with E-state index in [4.69, 9.17) is 5.73 Å². The van der Waals surface area contributed by atoms with E-state index in [0.29, 0.717) is 0 Å². The highest BCUT2D eigenvalue weighted by molar-refractivity contribution is 5.55. The normalized spacial score (nSPS) is 18.0. The molecule has 4 nitrogen and oxygen atoms in total. The van der Waals surface area contributed by atoms with Crippen LogP contribution in [-0.2, 0) is 0 Å². The van der Waals surface area contributed by atoms with E-state index in [1.54, 1.807) is 0 Å². The Labute approximate surface area is 129 Å². The SMILES string of the molecule is CC(C)CN1CCN(c2ccc(NCC(C)N)cc2)CC1. The second-order valence-corrected chi connectivity index (χ2v) is 6.59.